The molecule has 1 aromatic carbocycles. The fraction of sp³-hybridized carbons (Fsp3) is 0.524. The van der Waals surface area contributed by atoms with Crippen LogP contribution in [0.4, 0.5) is 9.18 Å². The minimum absolute atomic E-state index is 0.0782. The fourth-order valence-electron chi connectivity index (χ4n) is 3.03. The van der Waals surface area contributed by atoms with E-state index in [1.807, 2.05) is 39.0 Å². The zero-order chi connectivity index (χ0) is 19.5. The van der Waals surface area contributed by atoms with E-state index in [1.165, 1.54) is 6.07 Å². The monoisotopic (exact) mass is 358 g/mol. The van der Waals surface area contributed by atoms with Gasteiger partial charge < -0.3 is 9.64 Å². The van der Waals surface area contributed by atoms with E-state index in [0.29, 0.717) is 31.0 Å². The summed E-state index contributed by atoms with van der Waals surface area (Å²) in [6.07, 6.45) is 2.86. The lowest BCUT2D eigenvalue weighted by Gasteiger charge is -2.30. The highest BCUT2D eigenvalue weighted by Gasteiger charge is 2.25. The third-order valence-electron chi connectivity index (χ3n) is 4.11. The Morgan fingerprint density at radius 2 is 2.08 bits per heavy atom. The topological polar surface area (TPSA) is 53.3 Å². The van der Waals surface area contributed by atoms with Crippen LogP contribution in [-0.4, -0.2) is 29.7 Å². The summed E-state index contributed by atoms with van der Waals surface area (Å²) in [6.45, 7) is 10.5. The van der Waals surface area contributed by atoms with Crippen molar-refractivity contribution in [3.05, 3.63) is 40.7 Å². The molecule has 26 heavy (non-hydrogen) atoms. The Balaban J connectivity index is 2.25. The first-order valence-corrected chi connectivity index (χ1v) is 9.00. The molecule has 0 aromatic heterocycles. The molecule has 0 aliphatic carbocycles. The number of nitrogens with zero attached hydrogens (tertiary/aromatic N) is 2. The number of hydrogen-bond donors (Lipinski definition) is 0. The summed E-state index contributed by atoms with van der Waals surface area (Å²) in [5.74, 6) is -0.0747. The molecule has 4 nitrogen and oxygen atoms in total. The van der Waals surface area contributed by atoms with Gasteiger partial charge in [-0.3, -0.25) is 0 Å². The predicted molar refractivity (Wildman–Crippen MR) is 100 cm³/mol. The first-order chi connectivity index (χ1) is 12.1. The van der Waals surface area contributed by atoms with Crippen LogP contribution in [-0.2, 0) is 11.2 Å². The minimum Gasteiger partial charge on any atom is -0.444 e. The number of nitriles is 1. The van der Waals surface area contributed by atoms with Gasteiger partial charge in [0.2, 0.25) is 0 Å². The number of halogens is 1. The predicted octanol–water partition coefficient (Wildman–Crippen LogP) is 4.92. The smallest absolute Gasteiger partial charge is 0.410 e. The molecule has 0 radical (unpaired) electrons. The molecule has 140 valence electrons. The first-order valence-electron chi connectivity index (χ1n) is 9.00. The highest BCUT2D eigenvalue weighted by Crippen LogP contribution is 2.29. The highest BCUT2D eigenvalue weighted by atomic mass is 19.1. The third kappa shape index (κ3) is 5.08. The largest absolute Gasteiger partial charge is 0.444 e. The molecule has 0 bridgehead atoms. The van der Waals surface area contributed by atoms with Gasteiger partial charge in [-0.1, -0.05) is 19.9 Å². The van der Waals surface area contributed by atoms with Gasteiger partial charge in [0.15, 0.2) is 0 Å². The summed E-state index contributed by atoms with van der Waals surface area (Å²) >= 11 is 0. The van der Waals surface area contributed by atoms with Crippen molar-refractivity contribution in [2.24, 2.45) is 5.92 Å². The summed E-state index contributed by atoms with van der Waals surface area (Å²) in [4.78, 5) is 13.8. The number of carbonyl (C=O) groups excluding carboxylic acids is 1. The van der Waals surface area contributed by atoms with Crippen LogP contribution in [0.15, 0.2) is 18.2 Å². The molecule has 1 amide bonds. The summed E-state index contributed by atoms with van der Waals surface area (Å²) in [6, 6.07) is 5.36. The van der Waals surface area contributed by atoms with Crippen LogP contribution in [0.3, 0.4) is 0 Å². The third-order valence-corrected chi connectivity index (χ3v) is 4.11. The fourth-order valence-corrected chi connectivity index (χ4v) is 3.03. The molecule has 5 heteroatoms. The first kappa shape index (κ1) is 20.0. The Labute approximate surface area is 155 Å². The lowest BCUT2D eigenvalue weighted by atomic mass is 9.91. The van der Waals surface area contributed by atoms with Crippen LogP contribution in [0.5, 0.6) is 0 Å². The van der Waals surface area contributed by atoms with E-state index in [9.17, 15) is 14.4 Å². The van der Waals surface area contributed by atoms with Crippen molar-refractivity contribution >= 4 is 11.7 Å². The molecule has 1 aliphatic heterocycles. The summed E-state index contributed by atoms with van der Waals surface area (Å²) in [5, 5.41) is 9.37. The second kappa shape index (κ2) is 7.90. The number of benzene rings is 1. The number of amides is 1. The van der Waals surface area contributed by atoms with Gasteiger partial charge in [0.25, 0.3) is 0 Å². The zero-order valence-corrected chi connectivity index (χ0v) is 16.2. The Hall–Kier alpha value is -2.35. The van der Waals surface area contributed by atoms with Gasteiger partial charge in [-0.15, -0.1) is 0 Å². The van der Waals surface area contributed by atoms with Crippen LogP contribution in [0.2, 0.25) is 0 Å². The number of hydrogen-bond acceptors (Lipinski definition) is 3. The van der Waals surface area contributed by atoms with Crippen LogP contribution in [0.25, 0.3) is 5.57 Å². The number of carbonyl (C=O) groups is 1. The van der Waals surface area contributed by atoms with Crippen molar-refractivity contribution in [1.82, 2.24) is 4.90 Å². The normalized spacial score (nSPS) is 14.8. The molecule has 0 fully saturated rings. The second-order valence-electron chi connectivity index (χ2n) is 8.12. The van der Waals surface area contributed by atoms with E-state index in [4.69, 9.17) is 4.74 Å². The van der Waals surface area contributed by atoms with Crippen molar-refractivity contribution in [3.8, 4) is 6.07 Å². The van der Waals surface area contributed by atoms with E-state index in [0.717, 1.165) is 17.6 Å². The van der Waals surface area contributed by atoms with Crippen LogP contribution in [0.1, 0.15) is 57.7 Å². The maximum absolute atomic E-state index is 14.4. The number of rotatable bonds is 3. The highest BCUT2D eigenvalue weighted by molar-refractivity contribution is 5.75. The van der Waals surface area contributed by atoms with Gasteiger partial charge in [0, 0.05) is 13.1 Å². The molecule has 0 unspecified atom stereocenters. The van der Waals surface area contributed by atoms with Crippen LogP contribution < -0.4 is 0 Å². The lowest BCUT2D eigenvalue weighted by molar-refractivity contribution is 0.0270. The molecular weight excluding hydrogens is 331 g/mol. The molecule has 1 heterocycles. The van der Waals surface area contributed by atoms with Crippen molar-refractivity contribution < 1.29 is 13.9 Å². The lowest BCUT2D eigenvalue weighted by Crippen LogP contribution is -2.39. The Morgan fingerprint density at radius 1 is 1.38 bits per heavy atom. The van der Waals surface area contributed by atoms with Gasteiger partial charge in [-0.05, 0) is 68.4 Å². The van der Waals surface area contributed by atoms with Crippen molar-refractivity contribution in [2.45, 2.75) is 53.1 Å². The average molecular weight is 358 g/mol. The Bertz CT molecular complexity index is 755. The van der Waals surface area contributed by atoms with Crippen molar-refractivity contribution in [2.75, 3.05) is 13.1 Å². The van der Waals surface area contributed by atoms with E-state index in [2.05, 4.69) is 13.8 Å². The van der Waals surface area contributed by atoms with Gasteiger partial charge in [0.05, 0.1) is 5.56 Å². The van der Waals surface area contributed by atoms with E-state index < -0.39 is 11.4 Å². The molecule has 0 spiro atoms. The molecule has 0 saturated carbocycles. The van der Waals surface area contributed by atoms with Crippen LogP contribution in [0, 0.1) is 23.1 Å². The SMILES string of the molecule is CC(C)Cc1cc(F)c(C#N)c(C2=CCN(C(=O)OC(C)(C)C)CC2)c1. The zero-order valence-electron chi connectivity index (χ0n) is 16.2. The molecule has 1 aliphatic rings. The van der Waals surface area contributed by atoms with Crippen molar-refractivity contribution in [3.63, 3.8) is 0 Å². The van der Waals surface area contributed by atoms with E-state index in [-0.39, 0.29) is 11.7 Å². The number of ether oxygens (including phenoxy) is 1. The Morgan fingerprint density at radius 3 is 2.58 bits per heavy atom. The van der Waals surface area contributed by atoms with Crippen LogP contribution >= 0.6 is 0 Å². The average Bonchev–Trinajstić information content (AvgIpc) is 2.52. The van der Waals surface area contributed by atoms with E-state index >= 15 is 0 Å². The minimum atomic E-state index is -0.538. The Kier molecular flexibility index (Phi) is 6.07. The maximum atomic E-state index is 14.4. The molecule has 0 N–H and O–H groups in total. The molecule has 2 rings (SSSR count). The van der Waals surface area contributed by atoms with Gasteiger partial charge >= 0.3 is 6.09 Å². The molecular formula is C21H27FN2O2. The second-order valence-corrected chi connectivity index (χ2v) is 8.12. The molecule has 1 aromatic rings. The molecule has 0 atom stereocenters. The summed E-state index contributed by atoms with van der Waals surface area (Å²) < 4.78 is 19.8. The van der Waals surface area contributed by atoms with Crippen molar-refractivity contribution in [1.29, 1.82) is 5.26 Å². The molecule has 0 saturated heterocycles. The summed E-state index contributed by atoms with van der Waals surface area (Å²) in [5.41, 5.74) is 1.98. The summed E-state index contributed by atoms with van der Waals surface area (Å²) in [7, 11) is 0. The van der Waals surface area contributed by atoms with Gasteiger partial charge in [-0.25, -0.2) is 9.18 Å². The van der Waals surface area contributed by atoms with Gasteiger partial charge in [-0.2, -0.15) is 5.26 Å². The van der Waals surface area contributed by atoms with E-state index in [1.54, 1.807) is 4.90 Å². The maximum Gasteiger partial charge on any atom is 0.410 e. The van der Waals surface area contributed by atoms with Gasteiger partial charge in [0.1, 0.15) is 17.5 Å². The quantitative estimate of drug-likeness (QED) is 0.770. The standard InChI is InChI=1S/C21H27FN2O2/c1-14(2)10-15-11-17(18(13-23)19(22)12-15)16-6-8-24(9-7-16)20(25)26-21(3,4)5/h6,11-12,14H,7-10H2,1-5H3.